The molecular weight excluding hydrogens is 391 g/mol. The lowest BCUT2D eigenvalue weighted by Crippen LogP contribution is -2.51. The van der Waals surface area contributed by atoms with Crippen molar-refractivity contribution in [2.45, 2.75) is 62.8 Å². The summed E-state index contributed by atoms with van der Waals surface area (Å²) < 4.78 is 13.9. The van der Waals surface area contributed by atoms with E-state index in [1.807, 2.05) is 41.3 Å². The average molecular weight is 423 g/mol. The number of likely N-dealkylation sites (tertiary alicyclic amines) is 1. The molecule has 0 atom stereocenters. The molecule has 2 amide bonds. The normalized spacial score (nSPS) is 18.7. The molecule has 2 aliphatic rings. The molecule has 2 aromatic rings. The number of carbonyl (C=O) groups excluding carboxylic acids is 2. The zero-order valence-corrected chi connectivity index (χ0v) is 18.0. The molecule has 1 N–H and O–H groups in total. The molecule has 1 heterocycles. The summed E-state index contributed by atoms with van der Waals surface area (Å²) in [4.78, 5) is 27.8. The van der Waals surface area contributed by atoms with Crippen molar-refractivity contribution in [3.63, 3.8) is 0 Å². The van der Waals surface area contributed by atoms with Crippen LogP contribution in [0.2, 0.25) is 0 Å². The zero-order chi connectivity index (χ0) is 21.7. The van der Waals surface area contributed by atoms with Crippen molar-refractivity contribution in [3.8, 4) is 0 Å². The lowest BCUT2D eigenvalue weighted by atomic mass is 9.77. The first-order chi connectivity index (χ1) is 15.1. The van der Waals surface area contributed by atoms with E-state index in [-0.39, 0.29) is 23.7 Å². The molecule has 2 fully saturated rings. The van der Waals surface area contributed by atoms with Crippen LogP contribution in [0.25, 0.3) is 0 Å². The van der Waals surface area contributed by atoms with Gasteiger partial charge in [0.05, 0.1) is 5.41 Å². The Hall–Kier alpha value is -2.69. The Morgan fingerprint density at radius 3 is 2.39 bits per heavy atom. The highest BCUT2D eigenvalue weighted by atomic mass is 19.1. The van der Waals surface area contributed by atoms with Gasteiger partial charge >= 0.3 is 0 Å². The number of carbonyl (C=O) groups is 2. The van der Waals surface area contributed by atoms with Crippen LogP contribution in [0.15, 0.2) is 54.6 Å². The maximum absolute atomic E-state index is 13.9. The van der Waals surface area contributed by atoms with Gasteiger partial charge in [-0.15, -0.1) is 0 Å². The second-order valence-corrected chi connectivity index (χ2v) is 8.92. The molecule has 31 heavy (non-hydrogen) atoms. The van der Waals surface area contributed by atoms with Crippen molar-refractivity contribution in [2.75, 3.05) is 13.1 Å². The highest BCUT2D eigenvalue weighted by Gasteiger charge is 2.45. The Balaban J connectivity index is 1.31. The van der Waals surface area contributed by atoms with Crippen LogP contribution in [0, 0.1) is 5.82 Å². The smallest absolute Gasteiger partial charge is 0.233 e. The van der Waals surface area contributed by atoms with Crippen molar-refractivity contribution in [3.05, 3.63) is 71.5 Å². The van der Waals surface area contributed by atoms with E-state index in [4.69, 9.17) is 0 Å². The number of piperidine rings is 1. The lowest BCUT2D eigenvalue weighted by Gasteiger charge is -2.39. The standard InChI is InChI=1S/C26H31FN2O2/c27-22-10-6-9-21(19-22)26(15-4-5-16-26)25(31)29-17-13-23(14-18-29)28-24(30)12-11-20-7-2-1-3-8-20/h1-3,6-10,19,23H,4-5,11-18H2,(H,28,30). The topological polar surface area (TPSA) is 49.4 Å². The fourth-order valence-corrected chi connectivity index (χ4v) is 5.12. The van der Waals surface area contributed by atoms with Gasteiger partial charge in [0.1, 0.15) is 5.82 Å². The van der Waals surface area contributed by atoms with Gasteiger partial charge in [-0.05, 0) is 55.4 Å². The molecular formula is C26H31FN2O2. The van der Waals surface area contributed by atoms with Crippen molar-refractivity contribution in [1.82, 2.24) is 10.2 Å². The zero-order valence-electron chi connectivity index (χ0n) is 18.0. The van der Waals surface area contributed by atoms with E-state index in [1.165, 1.54) is 12.1 Å². The molecule has 0 aromatic heterocycles. The van der Waals surface area contributed by atoms with E-state index in [0.717, 1.165) is 56.1 Å². The molecule has 1 saturated carbocycles. The summed E-state index contributed by atoms with van der Waals surface area (Å²) in [6.45, 7) is 1.28. The van der Waals surface area contributed by atoms with Gasteiger partial charge in [-0.2, -0.15) is 0 Å². The van der Waals surface area contributed by atoms with Crippen molar-refractivity contribution in [2.24, 2.45) is 0 Å². The highest BCUT2D eigenvalue weighted by molar-refractivity contribution is 5.88. The molecule has 1 aliphatic heterocycles. The quantitative estimate of drug-likeness (QED) is 0.751. The van der Waals surface area contributed by atoms with Gasteiger partial charge in [0.25, 0.3) is 0 Å². The van der Waals surface area contributed by atoms with Crippen LogP contribution in [0.5, 0.6) is 0 Å². The van der Waals surface area contributed by atoms with Crippen LogP contribution in [0.3, 0.4) is 0 Å². The van der Waals surface area contributed by atoms with E-state index in [2.05, 4.69) is 5.32 Å². The number of nitrogens with zero attached hydrogens (tertiary/aromatic N) is 1. The Bertz CT molecular complexity index is 901. The number of nitrogens with one attached hydrogen (secondary N) is 1. The third-order valence-electron chi connectivity index (χ3n) is 6.87. The summed E-state index contributed by atoms with van der Waals surface area (Å²) in [5.74, 6) is -0.0846. The van der Waals surface area contributed by atoms with Crippen LogP contribution in [0.1, 0.15) is 56.1 Å². The Morgan fingerprint density at radius 1 is 1.00 bits per heavy atom. The van der Waals surface area contributed by atoms with Gasteiger partial charge in [0, 0.05) is 25.6 Å². The van der Waals surface area contributed by atoms with Gasteiger partial charge in [0.15, 0.2) is 0 Å². The second-order valence-electron chi connectivity index (χ2n) is 8.92. The predicted octanol–water partition coefficient (Wildman–Crippen LogP) is 4.38. The van der Waals surface area contributed by atoms with Gasteiger partial charge in [-0.1, -0.05) is 55.3 Å². The molecule has 164 valence electrons. The first-order valence-corrected chi connectivity index (χ1v) is 11.5. The number of amides is 2. The summed E-state index contributed by atoms with van der Waals surface area (Å²) in [6.07, 6.45) is 6.30. The predicted molar refractivity (Wildman–Crippen MR) is 119 cm³/mol. The van der Waals surface area contributed by atoms with E-state index in [0.29, 0.717) is 19.5 Å². The van der Waals surface area contributed by atoms with Crippen LogP contribution >= 0.6 is 0 Å². The summed E-state index contributed by atoms with van der Waals surface area (Å²) in [6, 6.07) is 16.7. The van der Waals surface area contributed by atoms with Crippen LogP contribution < -0.4 is 5.32 Å². The van der Waals surface area contributed by atoms with Crippen LogP contribution in [-0.4, -0.2) is 35.8 Å². The maximum atomic E-state index is 13.9. The Labute approximate surface area is 183 Å². The highest BCUT2D eigenvalue weighted by Crippen LogP contribution is 2.43. The minimum atomic E-state index is -0.589. The number of benzene rings is 2. The number of rotatable bonds is 6. The number of halogens is 1. The maximum Gasteiger partial charge on any atom is 0.233 e. The molecule has 0 spiro atoms. The lowest BCUT2D eigenvalue weighted by molar-refractivity contribution is -0.138. The Kier molecular flexibility index (Phi) is 6.69. The van der Waals surface area contributed by atoms with Gasteiger partial charge in [-0.25, -0.2) is 4.39 Å². The molecule has 0 unspecified atom stereocenters. The molecule has 4 nitrogen and oxygen atoms in total. The van der Waals surface area contributed by atoms with Crippen molar-refractivity contribution >= 4 is 11.8 Å². The van der Waals surface area contributed by atoms with E-state index >= 15 is 0 Å². The summed E-state index contributed by atoms with van der Waals surface area (Å²) >= 11 is 0. The Morgan fingerprint density at radius 2 is 1.71 bits per heavy atom. The van der Waals surface area contributed by atoms with Gasteiger partial charge in [0.2, 0.25) is 11.8 Å². The van der Waals surface area contributed by atoms with E-state index in [1.54, 1.807) is 6.07 Å². The summed E-state index contributed by atoms with van der Waals surface area (Å²) in [5.41, 5.74) is 1.39. The number of hydrogen-bond acceptors (Lipinski definition) is 2. The van der Waals surface area contributed by atoms with Gasteiger partial charge in [-0.3, -0.25) is 9.59 Å². The molecule has 1 saturated heterocycles. The van der Waals surface area contributed by atoms with Crippen LogP contribution in [0.4, 0.5) is 4.39 Å². The fraction of sp³-hybridized carbons (Fsp3) is 0.462. The van der Waals surface area contributed by atoms with E-state index in [9.17, 15) is 14.0 Å². The van der Waals surface area contributed by atoms with Crippen molar-refractivity contribution < 1.29 is 14.0 Å². The minimum absolute atomic E-state index is 0.0700. The molecule has 1 aliphatic carbocycles. The minimum Gasteiger partial charge on any atom is -0.353 e. The fourth-order valence-electron chi connectivity index (χ4n) is 5.12. The van der Waals surface area contributed by atoms with E-state index < -0.39 is 5.41 Å². The molecule has 5 heteroatoms. The second kappa shape index (κ2) is 9.63. The number of aryl methyl sites for hydroxylation is 1. The average Bonchev–Trinajstić information content (AvgIpc) is 3.30. The largest absolute Gasteiger partial charge is 0.353 e. The van der Waals surface area contributed by atoms with Crippen molar-refractivity contribution in [1.29, 1.82) is 0 Å². The third kappa shape index (κ3) is 4.97. The van der Waals surface area contributed by atoms with Crippen LogP contribution in [-0.2, 0) is 21.4 Å². The molecule has 0 radical (unpaired) electrons. The molecule has 0 bridgehead atoms. The third-order valence-corrected chi connectivity index (χ3v) is 6.87. The molecule has 2 aromatic carbocycles. The first-order valence-electron chi connectivity index (χ1n) is 11.5. The monoisotopic (exact) mass is 422 g/mol. The van der Waals surface area contributed by atoms with Gasteiger partial charge < -0.3 is 10.2 Å². The summed E-state index contributed by atoms with van der Waals surface area (Å²) in [5, 5.41) is 3.14. The first kappa shape index (κ1) is 21.5. The molecule has 4 rings (SSSR count). The summed E-state index contributed by atoms with van der Waals surface area (Å²) in [7, 11) is 0. The SMILES string of the molecule is O=C(CCc1ccccc1)NC1CCN(C(=O)C2(c3cccc(F)c3)CCCC2)CC1. The number of hydrogen-bond donors (Lipinski definition) is 1.